The first kappa shape index (κ1) is 59.7. The molecule has 2 aromatic heterocycles. The Kier molecular flexibility index (Phi) is 20.7. The number of fused-ring (bicyclic) bond motifs is 2. The smallest absolute Gasteiger partial charge is 0.487 e. The number of hydrogen-bond acceptors (Lipinski definition) is 17. The van der Waals surface area contributed by atoms with Crippen molar-refractivity contribution in [3.8, 4) is 11.5 Å². The molecule has 0 amide bonds. The third kappa shape index (κ3) is 14.7. The van der Waals surface area contributed by atoms with Gasteiger partial charge in [-0.05, 0) is 141 Å². The molecule has 4 heterocycles. The Morgan fingerprint density at radius 3 is 1.53 bits per heavy atom. The van der Waals surface area contributed by atoms with E-state index in [-0.39, 0.29) is 76.4 Å². The van der Waals surface area contributed by atoms with E-state index in [0.29, 0.717) is 65.1 Å². The molecular formula is C47H68BClN10O9S4. The van der Waals surface area contributed by atoms with Crippen LogP contribution in [0.3, 0.4) is 0 Å². The number of carbonyl (C=O) groups excluding carboxylic acids is 2. The average Bonchev–Trinajstić information content (AvgIpc) is 4.04. The van der Waals surface area contributed by atoms with Crippen molar-refractivity contribution < 1.29 is 40.6 Å². The van der Waals surface area contributed by atoms with E-state index in [1.807, 2.05) is 41.5 Å². The van der Waals surface area contributed by atoms with Gasteiger partial charge in [0.05, 0.1) is 10.9 Å². The monoisotopic (exact) mass is 1090 g/mol. The number of nitrogens with two attached hydrogens (primary N) is 3. The van der Waals surface area contributed by atoms with Crippen molar-refractivity contribution in [1.29, 1.82) is 0 Å². The molecule has 2 aliphatic heterocycles. The number of Topliss-reactive ketones (excluding diaryl/α,β-unsaturated/α-hetero) is 2. The number of sulfonamides is 2. The van der Waals surface area contributed by atoms with E-state index in [9.17, 15) is 31.1 Å². The molecule has 0 spiro atoms. The summed E-state index contributed by atoms with van der Waals surface area (Å²) in [5.41, 5.74) is 23.1. The van der Waals surface area contributed by atoms with E-state index in [2.05, 4.69) is 34.7 Å². The van der Waals surface area contributed by atoms with Crippen LogP contribution in [0.5, 0.6) is 11.5 Å². The average molecular weight is 1090 g/mol. The number of halogens is 1. The van der Waals surface area contributed by atoms with Gasteiger partial charge in [0.25, 0.3) is 10.0 Å². The molecule has 0 saturated carbocycles. The van der Waals surface area contributed by atoms with Crippen LogP contribution in [0.2, 0.25) is 0 Å². The number of aromatic nitrogens is 2. The van der Waals surface area contributed by atoms with E-state index in [1.54, 1.807) is 50.8 Å². The Balaban J connectivity index is 0.000000309. The zero-order valence-electron chi connectivity index (χ0n) is 42.6. The third-order valence-corrected chi connectivity index (χ3v) is 17.5. The normalized spacial score (nSPS) is 15.9. The molecule has 4 aromatic rings. The van der Waals surface area contributed by atoms with E-state index in [4.69, 9.17) is 26.7 Å². The summed E-state index contributed by atoms with van der Waals surface area (Å²) in [6.45, 7) is 19.4. The van der Waals surface area contributed by atoms with Crippen molar-refractivity contribution in [1.82, 2.24) is 24.7 Å². The Bertz CT molecular complexity index is 2900. The van der Waals surface area contributed by atoms with Crippen molar-refractivity contribution in [2.75, 3.05) is 19.5 Å². The van der Waals surface area contributed by atoms with Crippen LogP contribution in [0.1, 0.15) is 130 Å². The molecule has 0 radical (unpaired) electrons. The molecule has 9 N–H and O–H groups in total. The zero-order chi connectivity index (χ0) is 52.6. The minimum Gasteiger partial charge on any atom is -0.487 e. The van der Waals surface area contributed by atoms with Gasteiger partial charge < -0.3 is 20.9 Å². The molecule has 0 saturated heterocycles. The van der Waals surface area contributed by atoms with Gasteiger partial charge in [-0.2, -0.15) is 0 Å². The van der Waals surface area contributed by atoms with E-state index in [1.165, 1.54) is 22.7 Å². The standard InChI is InChI=1S/C24H34BN5O5S2.C23H33N5O4S2.ClH/c1-14-15(2)21(16(3)17-8-9-24(4,5)35-20(14)17)37(33,34)30-23(26)28-10-6-7-18(29-13-25-32)19(31)22-27-11-12-36-22;1-13-14(2)20(15(3)16-8-9-23(4,5)32-19(13)16)34(30,31)28-22(25)27-10-6-7-17(24)18(29)21-26-11-12-33-21;/h11-12,18,29H,6-10,13H2,1-5H3,(H3,26,28,30);11-12,17H,6-10,24H2,1-5H3,(H3,25,27,28);1H. The van der Waals surface area contributed by atoms with Gasteiger partial charge >= 0.3 is 148 Å². The van der Waals surface area contributed by atoms with Gasteiger partial charge in [0.1, 0.15) is 22.7 Å². The molecule has 394 valence electrons. The van der Waals surface area contributed by atoms with Gasteiger partial charge in [-0.1, -0.05) is 0 Å². The van der Waals surface area contributed by atoms with E-state index >= 15 is 0 Å². The summed E-state index contributed by atoms with van der Waals surface area (Å²) < 4.78 is 81.0. The fraction of sp³-hybridized carbons (Fsp3) is 0.532. The Hall–Kier alpha value is -4.85. The van der Waals surface area contributed by atoms with Crippen LogP contribution in [0.4, 0.5) is 0 Å². The van der Waals surface area contributed by atoms with Crippen LogP contribution < -0.4 is 41.4 Å². The van der Waals surface area contributed by atoms with Crippen LogP contribution in [0.15, 0.2) is 42.9 Å². The maximum atomic E-state index is 13.3. The first-order chi connectivity index (χ1) is 33.2. The van der Waals surface area contributed by atoms with Crippen molar-refractivity contribution in [3.63, 3.8) is 0 Å². The Labute approximate surface area is 438 Å². The van der Waals surface area contributed by atoms with Gasteiger partial charge in [-0.15, -0.1) is 23.7 Å². The number of aliphatic imine (C=N–C) groups is 2. The van der Waals surface area contributed by atoms with Crippen molar-refractivity contribution in [2.24, 2.45) is 27.2 Å². The minimum absolute atomic E-state index is 0. The number of hydrogen-bond donors (Lipinski definition) is 6. The van der Waals surface area contributed by atoms with Crippen LogP contribution >= 0.6 is 35.1 Å². The molecule has 0 aliphatic carbocycles. The zero-order valence-corrected chi connectivity index (χ0v) is 46.6. The van der Waals surface area contributed by atoms with Gasteiger partial charge in [-0.25, -0.2) is 18.1 Å². The summed E-state index contributed by atoms with van der Waals surface area (Å²) >= 11 is 2.48. The third-order valence-electron chi connectivity index (χ3n) is 12.6. The number of rotatable bonds is 19. The number of ketones is 2. The first-order valence-corrected chi connectivity index (χ1v) is 28.0. The maximum absolute atomic E-state index is 13.3. The minimum atomic E-state index is -3.99. The van der Waals surface area contributed by atoms with Gasteiger partial charge in [0, 0.05) is 18.1 Å². The number of guanidine groups is 2. The summed E-state index contributed by atoms with van der Waals surface area (Å²) in [7, 11) is -7.25. The molecule has 0 bridgehead atoms. The predicted molar refractivity (Wildman–Crippen MR) is 286 cm³/mol. The molecule has 0 fully saturated rings. The summed E-state index contributed by atoms with van der Waals surface area (Å²) in [4.78, 5) is 41.5. The Morgan fingerprint density at radius 2 is 1.12 bits per heavy atom. The van der Waals surface area contributed by atoms with Crippen molar-refractivity contribution in [2.45, 2.75) is 154 Å². The van der Waals surface area contributed by atoms with Gasteiger partial charge in [-0.3, -0.25) is 9.79 Å². The molecule has 2 aromatic carbocycles. The number of thiazole rings is 2. The molecule has 6 rings (SSSR count). The molecule has 19 nitrogen and oxygen atoms in total. The van der Waals surface area contributed by atoms with Crippen molar-refractivity contribution >= 4 is 85.8 Å². The van der Waals surface area contributed by atoms with Crippen LogP contribution in [0.25, 0.3) is 0 Å². The molecule has 2 atom stereocenters. The van der Waals surface area contributed by atoms with Crippen LogP contribution in [-0.4, -0.2) is 100 Å². The topological polar surface area (TPSA) is 303 Å². The summed E-state index contributed by atoms with van der Waals surface area (Å²) in [6, 6.07) is -1.28. The quantitative estimate of drug-likeness (QED) is 0.0220. The second kappa shape index (κ2) is 24.9. The van der Waals surface area contributed by atoms with Gasteiger partial charge in [0.15, 0.2) is 5.01 Å². The van der Waals surface area contributed by atoms with E-state index < -0.39 is 32.1 Å². The summed E-state index contributed by atoms with van der Waals surface area (Å²) in [5, 5.41) is 7.07. The number of nitrogens with one attached hydrogen (secondary N) is 3. The number of ether oxygens (including phenoxy) is 2. The van der Waals surface area contributed by atoms with Crippen LogP contribution in [0, 0.1) is 41.5 Å². The molecule has 2 unspecified atom stereocenters. The number of benzene rings is 2. The second-order valence-corrected chi connectivity index (χ2v) is 23.9. The summed E-state index contributed by atoms with van der Waals surface area (Å²) in [6.07, 6.45) is 7.88. The van der Waals surface area contributed by atoms with E-state index in [0.717, 1.165) is 59.4 Å². The van der Waals surface area contributed by atoms with Crippen molar-refractivity contribution in [3.05, 3.63) is 77.7 Å². The van der Waals surface area contributed by atoms with Gasteiger partial charge in [0.2, 0.25) is 11.7 Å². The number of nitrogens with zero attached hydrogens (tertiary/aromatic N) is 4. The molecular weight excluding hydrogens is 1020 g/mol. The number of carbonyl (C=O) groups is 2. The Morgan fingerprint density at radius 1 is 0.708 bits per heavy atom. The fourth-order valence-corrected chi connectivity index (χ4v) is 12.9. The second-order valence-electron chi connectivity index (χ2n) is 18.9. The molecule has 72 heavy (non-hydrogen) atoms. The molecule has 25 heteroatoms. The fourth-order valence-electron chi connectivity index (χ4n) is 8.60. The molecule has 2 aliphatic rings. The first-order valence-electron chi connectivity index (χ1n) is 23.3. The predicted octanol–water partition coefficient (Wildman–Crippen LogP) is 5.57. The SMILES string of the molecule is Cc1c(C)c(S(=O)(=O)NC(N)=NCCCC(N)C(=O)c2nccs2)c(C)c2c1OC(C)(C)CC2.Cc1c(C)c(S(=O)(=O)NC(N)=NCCCC(NCB=O)C(=O)c2nccs2)c(C)c2c1OC(C)(C)CC2.Cl. The summed E-state index contributed by atoms with van der Waals surface area (Å²) in [5.74, 6) is 0.693. The van der Waals surface area contributed by atoms with Crippen LogP contribution in [-0.2, 0) is 37.6 Å².